The van der Waals surface area contributed by atoms with Crippen LogP contribution in [0, 0.1) is 5.82 Å². The third-order valence-electron chi connectivity index (χ3n) is 2.65. The minimum absolute atomic E-state index is 0.00574. The van der Waals surface area contributed by atoms with Gasteiger partial charge in [0.05, 0.1) is 10.7 Å². The molecule has 0 aliphatic rings. The van der Waals surface area contributed by atoms with Gasteiger partial charge >= 0.3 is 0 Å². The Labute approximate surface area is 148 Å². The van der Waals surface area contributed by atoms with Crippen LogP contribution in [0.4, 0.5) is 4.39 Å². The number of hydrogen-bond acceptors (Lipinski definition) is 4. The second-order valence-corrected chi connectivity index (χ2v) is 6.11. The van der Waals surface area contributed by atoms with Crippen LogP contribution in [0.2, 0.25) is 0 Å². The van der Waals surface area contributed by atoms with E-state index in [4.69, 9.17) is 4.74 Å². The van der Waals surface area contributed by atoms with Crippen molar-refractivity contribution in [1.29, 1.82) is 0 Å². The number of rotatable bonds is 5. The van der Waals surface area contributed by atoms with Crippen molar-refractivity contribution < 1.29 is 19.0 Å². The van der Waals surface area contributed by atoms with Gasteiger partial charge in [0.15, 0.2) is 18.2 Å². The molecule has 120 valence electrons. The van der Waals surface area contributed by atoms with Crippen LogP contribution in [0.25, 0.3) is 0 Å². The van der Waals surface area contributed by atoms with Crippen LogP contribution in [-0.4, -0.2) is 23.8 Å². The number of aromatic hydroxyl groups is 1. The molecular weight excluding hydrogens is 435 g/mol. The molecule has 8 heteroatoms. The molecule has 0 bridgehead atoms. The minimum Gasteiger partial charge on any atom is -0.506 e. The van der Waals surface area contributed by atoms with Gasteiger partial charge in [-0.05, 0) is 40.2 Å². The summed E-state index contributed by atoms with van der Waals surface area (Å²) < 4.78 is 19.6. The average Bonchev–Trinajstić information content (AvgIpc) is 2.51. The summed E-state index contributed by atoms with van der Waals surface area (Å²) in [5.41, 5.74) is 2.63. The van der Waals surface area contributed by atoms with Gasteiger partial charge in [0.1, 0.15) is 5.75 Å². The lowest BCUT2D eigenvalue weighted by atomic mass is 10.2. The van der Waals surface area contributed by atoms with Gasteiger partial charge in [-0.1, -0.05) is 28.1 Å². The summed E-state index contributed by atoms with van der Waals surface area (Å²) in [4.78, 5) is 11.6. The van der Waals surface area contributed by atoms with Crippen molar-refractivity contribution in [3.8, 4) is 11.5 Å². The van der Waals surface area contributed by atoms with Crippen molar-refractivity contribution in [1.82, 2.24) is 5.43 Å². The molecule has 0 saturated carbocycles. The van der Waals surface area contributed by atoms with E-state index in [1.54, 1.807) is 18.2 Å². The fourth-order valence-electron chi connectivity index (χ4n) is 1.60. The van der Waals surface area contributed by atoms with Gasteiger partial charge in [-0.2, -0.15) is 5.10 Å². The molecule has 0 fully saturated rings. The number of phenolic OH excluding ortho intramolecular Hbond substituents is 1. The van der Waals surface area contributed by atoms with Gasteiger partial charge in [-0.3, -0.25) is 4.79 Å². The largest absolute Gasteiger partial charge is 0.506 e. The van der Waals surface area contributed by atoms with E-state index in [2.05, 4.69) is 42.4 Å². The standard InChI is InChI=1S/C15H11Br2FN2O3/c16-10-5-9(15(22)11(17)6-10)7-19-20-14(21)8-23-13-4-2-1-3-12(13)18/h1-7,22H,8H2,(H,20,21)/b19-7+. The SMILES string of the molecule is O=C(COc1ccccc1F)N/N=C/c1cc(Br)cc(Br)c1O. The first-order valence-electron chi connectivity index (χ1n) is 6.34. The number of halogens is 3. The highest BCUT2D eigenvalue weighted by molar-refractivity contribution is 9.11. The number of nitrogens with zero attached hydrogens (tertiary/aromatic N) is 1. The Kier molecular flexibility index (Phi) is 6.12. The fourth-order valence-corrected chi connectivity index (χ4v) is 2.85. The average molecular weight is 446 g/mol. The predicted octanol–water partition coefficient (Wildman–Crippen LogP) is 3.59. The first-order valence-corrected chi connectivity index (χ1v) is 7.93. The number of nitrogens with one attached hydrogen (secondary N) is 1. The van der Waals surface area contributed by atoms with Crippen LogP contribution in [0.1, 0.15) is 5.56 Å². The molecule has 0 atom stereocenters. The molecule has 1 amide bonds. The van der Waals surface area contributed by atoms with Gasteiger partial charge in [-0.15, -0.1) is 0 Å². The lowest BCUT2D eigenvalue weighted by Crippen LogP contribution is -2.24. The van der Waals surface area contributed by atoms with E-state index in [9.17, 15) is 14.3 Å². The molecule has 0 heterocycles. The third kappa shape index (κ3) is 5.04. The van der Waals surface area contributed by atoms with Crippen LogP contribution in [0.3, 0.4) is 0 Å². The van der Waals surface area contributed by atoms with E-state index in [1.807, 2.05) is 0 Å². The number of amides is 1. The van der Waals surface area contributed by atoms with Crippen molar-refractivity contribution in [3.63, 3.8) is 0 Å². The topological polar surface area (TPSA) is 70.9 Å². The number of carbonyl (C=O) groups is 1. The molecule has 0 saturated heterocycles. The van der Waals surface area contributed by atoms with Crippen LogP contribution >= 0.6 is 31.9 Å². The van der Waals surface area contributed by atoms with Gasteiger partial charge in [-0.25, -0.2) is 9.82 Å². The molecule has 5 nitrogen and oxygen atoms in total. The number of ether oxygens (including phenoxy) is 1. The number of carbonyl (C=O) groups excluding carboxylic acids is 1. The maximum Gasteiger partial charge on any atom is 0.277 e. The first-order chi connectivity index (χ1) is 11.0. The number of hydrazone groups is 1. The molecule has 2 aromatic rings. The Hall–Kier alpha value is -1.93. The number of para-hydroxylation sites is 1. The Bertz CT molecular complexity index is 753. The molecule has 0 aromatic heterocycles. The van der Waals surface area contributed by atoms with Crippen LogP contribution in [0.15, 0.2) is 50.4 Å². The molecule has 0 aliphatic carbocycles. The number of benzene rings is 2. The smallest absolute Gasteiger partial charge is 0.277 e. The van der Waals surface area contributed by atoms with E-state index < -0.39 is 11.7 Å². The molecule has 23 heavy (non-hydrogen) atoms. The zero-order valence-electron chi connectivity index (χ0n) is 11.6. The highest BCUT2D eigenvalue weighted by Gasteiger charge is 2.07. The Morgan fingerprint density at radius 2 is 2.09 bits per heavy atom. The molecule has 0 unspecified atom stereocenters. The minimum atomic E-state index is -0.557. The number of phenols is 1. The quantitative estimate of drug-likeness (QED) is 0.545. The summed E-state index contributed by atoms with van der Waals surface area (Å²) in [6, 6.07) is 9.08. The fraction of sp³-hybridized carbons (Fsp3) is 0.0667. The molecule has 2 N–H and O–H groups in total. The molecule has 0 spiro atoms. The molecule has 0 radical (unpaired) electrons. The number of hydrogen-bond donors (Lipinski definition) is 2. The lowest BCUT2D eigenvalue weighted by molar-refractivity contribution is -0.123. The summed E-state index contributed by atoms with van der Waals surface area (Å²) in [5.74, 6) is -1.13. The van der Waals surface area contributed by atoms with E-state index >= 15 is 0 Å². The van der Waals surface area contributed by atoms with Crippen LogP contribution in [-0.2, 0) is 4.79 Å². The van der Waals surface area contributed by atoms with Crippen molar-refractivity contribution in [2.24, 2.45) is 5.10 Å². The van der Waals surface area contributed by atoms with Crippen molar-refractivity contribution in [3.05, 3.63) is 56.7 Å². The third-order valence-corrected chi connectivity index (χ3v) is 3.71. The van der Waals surface area contributed by atoms with Crippen LogP contribution in [0.5, 0.6) is 11.5 Å². The second kappa shape index (κ2) is 8.07. The lowest BCUT2D eigenvalue weighted by Gasteiger charge is -2.06. The van der Waals surface area contributed by atoms with Gasteiger partial charge in [0.2, 0.25) is 0 Å². The Morgan fingerprint density at radius 1 is 1.35 bits per heavy atom. The highest BCUT2D eigenvalue weighted by atomic mass is 79.9. The summed E-state index contributed by atoms with van der Waals surface area (Å²) in [5, 5.41) is 13.6. The molecule has 2 rings (SSSR count). The van der Waals surface area contributed by atoms with Gasteiger partial charge < -0.3 is 9.84 Å². The van der Waals surface area contributed by atoms with Crippen molar-refractivity contribution in [2.75, 3.05) is 6.61 Å². The molecule has 2 aromatic carbocycles. The maximum atomic E-state index is 13.3. The summed E-state index contributed by atoms with van der Waals surface area (Å²) >= 11 is 6.47. The normalized spacial score (nSPS) is 10.7. The predicted molar refractivity (Wildman–Crippen MR) is 91.1 cm³/mol. The van der Waals surface area contributed by atoms with E-state index in [-0.39, 0.29) is 18.1 Å². The highest BCUT2D eigenvalue weighted by Crippen LogP contribution is 2.30. The zero-order valence-corrected chi connectivity index (χ0v) is 14.8. The van der Waals surface area contributed by atoms with Gasteiger partial charge in [0, 0.05) is 10.0 Å². The van der Waals surface area contributed by atoms with E-state index in [0.717, 1.165) is 4.47 Å². The maximum absolute atomic E-state index is 13.3. The van der Waals surface area contributed by atoms with Crippen molar-refractivity contribution >= 4 is 44.0 Å². The van der Waals surface area contributed by atoms with E-state index in [0.29, 0.717) is 10.0 Å². The zero-order chi connectivity index (χ0) is 16.8. The Morgan fingerprint density at radius 3 is 2.83 bits per heavy atom. The van der Waals surface area contributed by atoms with E-state index in [1.165, 1.54) is 24.4 Å². The first kappa shape index (κ1) is 17.4. The Balaban J connectivity index is 1.91. The summed E-state index contributed by atoms with van der Waals surface area (Å²) in [6.45, 7) is -0.383. The second-order valence-electron chi connectivity index (χ2n) is 4.34. The molecule has 0 aliphatic heterocycles. The van der Waals surface area contributed by atoms with Crippen molar-refractivity contribution in [2.45, 2.75) is 0 Å². The summed E-state index contributed by atoms with van der Waals surface area (Å²) in [7, 11) is 0. The monoisotopic (exact) mass is 444 g/mol. The molecular formula is C15H11Br2FN2O3. The summed E-state index contributed by atoms with van der Waals surface area (Å²) in [6.07, 6.45) is 1.28. The van der Waals surface area contributed by atoms with Crippen LogP contribution < -0.4 is 10.2 Å². The van der Waals surface area contributed by atoms with Gasteiger partial charge in [0.25, 0.3) is 5.91 Å².